The molecular formula is C33H28FN3O8S2. The molecule has 2 aliphatic rings. The van der Waals surface area contributed by atoms with E-state index in [1.807, 2.05) is 0 Å². The number of nitrogens with one attached hydrogen (secondary N) is 2. The summed E-state index contributed by atoms with van der Waals surface area (Å²) in [5, 5.41) is 2.40. The van der Waals surface area contributed by atoms with Gasteiger partial charge in [0.25, 0.3) is 5.91 Å². The van der Waals surface area contributed by atoms with Crippen molar-refractivity contribution in [2.75, 3.05) is 30.0 Å². The van der Waals surface area contributed by atoms with Crippen LogP contribution in [0.15, 0.2) is 76.6 Å². The summed E-state index contributed by atoms with van der Waals surface area (Å²) in [4.78, 5) is 68.7. The molecule has 2 aliphatic heterocycles. The van der Waals surface area contributed by atoms with E-state index in [1.54, 1.807) is 56.3 Å². The molecule has 3 atom stereocenters. The van der Waals surface area contributed by atoms with Crippen molar-refractivity contribution < 1.29 is 37.8 Å². The smallest absolute Gasteiger partial charge is 0.338 e. The highest BCUT2D eigenvalue weighted by atomic mass is 32.2. The van der Waals surface area contributed by atoms with Gasteiger partial charge in [-0.3, -0.25) is 19.2 Å². The number of thiazole rings is 1. The number of hydrogen-bond acceptors (Lipinski definition) is 10. The monoisotopic (exact) mass is 677 g/mol. The Morgan fingerprint density at radius 1 is 0.915 bits per heavy atom. The number of fused-ring (bicyclic) bond motifs is 2. The van der Waals surface area contributed by atoms with Crippen LogP contribution in [0.4, 0.5) is 15.8 Å². The van der Waals surface area contributed by atoms with Crippen molar-refractivity contribution >= 4 is 58.2 Å². The highest BCUT2D eigenvalue weighted by Gasteiger charge is 2.56. The largest absolute Gasteiger partial charge is 0.490 e. The van der Waals surface area contributed by atoms with Crippen molar-refractivity contribution in [3.8, 4) is 11.5 Å². The fraction of sp³-hybridized carbons (Fsp3) is 0.242. The number of carbonyl (C=O) groups is 4. The Hall–Kier alpha value is -4.95. The Bertz CT molecular complexity index is 1910. The zero-order valence-electron chi connectivity index (χ0n) is 25.1. The number of nitrogens with zero attached hydrogens (tertiary/aromatic N) is 1. The number of carbonyl (C=O) groups excluding carboxylic acids is 4. The number of hydrogen-bond donors (Lipinski definition) is 2. The van der Waals surface area contributed by atoms with Crippen LogP contribution in [0.2, 0.25) is 0 Å². The van der Waals surface area contributed by atoms with E-state index in [-0.39, 0.29) is 36.1 Å². The molecule has 3 amide bonds. The molecule has 3 aromatic carbocycles. The van der Waals surface area contributed by atoms with Gasteiger partial charge in [-0.1, -0.05) is 29.2 Å². The molecule has 3 unspecified atom stereocenters. The number of esters is 1. The zero-order valence-corrected chi connectivity index (χ0v) is 26.7. The first kappa shape index (κ1) is 32.0. The lowest BCUT2D eigenvalue weighted by Crippen LogP contribution is -2.32. The second-order valence-electron chi connectivity index (χ2n) is 10.5. The second-order valence-corrected chi connectivity index (χ2v) is 12.7. The van der Waals surface area contributed by atoms with Gasteiger partial charge in [0.15, 0.2) is 18.1 Å². The zero-order chi connectivity index (χ0) is 33.2. The minimum atomic E-state index is -0.848. The molecule has 0 saturated carbocycles. The van der Waals surface area contributed by atoms with Gasteiger partial charge in [-0.25, -0.2) is 14.1 Å². The van der Waals surface area contributed by atoms with Crippen LogP contribution in [0.3, 0.4) is 0 Å². The normalized spacial score (nSPS) is 18.4. The summed E-state index contributed by atoms with van der Waals surface area (Å²) < 4.78 is 30.3. The first-order chi connectivity index (χ1) is 22.7. The topological polar surface area (TPSA) is 144 Å². The van der Waals surface area contributed by atoms with Crippen LogP contribution in [0.1, 0.15) is 40.6 Å². The van der Waals surface area contributed by atoms with Gasteiger partial charge in [0, 0.05) is 16.5 Å². The quantitative estimate of drug-likeness (QED) is 0.176. The van der Waals surface area contributed by atoms with E-state index in [0.29, 0.717) is 32.5 Å². The first-order valence-corrected chi connectivity index (χ1v) is 16.4. The molecule has 0 aliphatic carbocycles. The molecule has 0 spiro atoms. The van der Waals surface area contributed by atoms with Gasteiger partial charge in [0.2, 0.25) is 11.8 Å². The highest BCUT2D eigenvalue weighted by molar-refractivity contribution is 8.00. The number of aromatic nitrogens is 1. The van der Waals surface area contributed by atoms with E-state index in [0.717, 1.165) is 28.0 Å². The molecule has 1 aromatic heterocycles. The minimum absolute atomic E-state index is 0.253. The summed E-state index contributed by atoms with van der Waals surface area (Å²) in [5.41, 5.74) is 1.69. The number of benzene rings is 3. The fourth-order valence-electron chi connectivity index (χ4n) is 5.57. The summed E-state index contributed by atoms with van der Waals surface area (Å²) in [6, 6.07) is 16.4. The number of thioether (sulfide) groups is 1. The summed E-state index contributed by atoms with van der Waals surface area (Å²) in [6.07, 6.45) is 0. The molecule has 3 heterocycles. The highest BCUT2D eigenvalue weighted by Crippen LogP contribution is 2.53. The number of rotatable bonds is 10. The third-order valence-corrected chi connectivity index (χ3v) is 9.98. The van der Waals surface area contributed by atoms with Crippen molar-refractivity contribution in [1.82, 2.24) is 4.98 Å². The Kier molecular flexibility index (Phi) is 9.14. The van der Waals surface area contributed by atoms with Crippen molar-refractivity contribution in [1.29, 1.82) is 0 Å². The molecular weight excluding hydrogens is 650 g/mol. The van der Waals surface area contributed by atoms with Crippen LogP contribution in [0.5, 0.6) is 11.5 Å². The summed E-state index contributed by atoms with van der Waals surface area (Å²) in [5.74, 6) is -3.26. The number of ether oxygens (including phenoxy) is 3. The van der Waals surface area contributed by atoms with Crippen molar-refractivity contribution in [2.45, 2.75) is 30.0 Å². The molecule has 0 radical (unpaired) electrons. The second kappa shape index (κ2) is 13.4. The molecule has 14 heteroatoms. The van der Waals surface area contributed by atoms with Crippen molar-refractivity contribution in [3.05, 3.63) is 98.2 Å². The standard InChI is InChI=1S/C33H28FN3O8S2/c1-3-43-23-15-18(7-14-22(23)45-16-24(38)35-20-10-5-17(6-11-20)32(41)44-4-2)25-26-28(46-29-27(25)47-33(42)36-29)31(40)37(30(26)39)21-12-8-19(34)9-13-21/h5-15,25-26,28H,3-4,16H2,1-2H3,(H,35,38)(H,36,42). The fourth-order valence-corrected chi connectivity index (χ4v) is 8.09. The van der Waals surface area contributed by atoms with Crippen LogP contribution in [0.25, 0.3) is 0 Å². The molecule has 4 aromatic rings. The molecule has 1 saturated heterocycles. The average molecular weight is 678 g/mol. The lowest BCUT2D eigenvalue weighted by atomic mass is 9.83. The van der Waals surface area contributed by atoms with Crippen molar-refractivity contribution in [2.24, 2.45) is 5.92 Å². The lowest BCUT2D eigenvalue weighted by Gasteiger charge is -2.30. The van der Waals surface area contributed by atoms with Crippen LogP contribution >= 0.6 is 23.1 Å². The van der Waals surface area contributed by atoms with E-state index in [1.165, 1.54) is 24.3 Å². The third kappa shape index (κ3) is 6.38. The maximum absolute atomic E-state index is 13.9. The number of H-pyrrole nitrogens is 1. The number of imide groups is 1. The number of halogens is 1. The van der Waals surface area contributed by atoms with E-state index in [9.17, 15) is 28.4 Å². The number of anilines is 2. The predicted octanol–water partition coefficient (Wildman–Crippen LogP) is 4.96. The van der Waals surface area contributed by atoms with Crippen LogP contribution in [-0.2, 0) is 19.1 Å². The van der Waals surface area contributed by atoms with E-state index < -0.39 is 46.6 Å². The molecule has 0 bridgehead atoms. The number of aromatic amines is 1. The predicted molar refractivity (Wildman–Crippen MR) is 173 cm³/mol. The van der Waals surface area contributed by atoms with Gasteiger partial charge in [-0.05, 0) is 80.1 Å². The maximum atomic E-state index is 13.9. The molecule has 47 heavy (non-hydrogen) atoms. The van der Waals surface area contributed by atoms with Gasteiger partial charge in [0.1, 0.15) is 11.1 Å². The van der Waals surface area contributed by atoms with Gasteiger partial charge < -0.3 is 24.5 Å². The summed E-state index contributed by atoms with van der Waals surface area (Å²) in [7, 11) is 0. The molecule has 11 nitrogen and oxygen atoms in total. The van der Waals surface area contributed by atoms with Crippen LogP contribution < -0.4 is 24.6 Å². The molecule has 2 N–H and O–H groups in total. The van der Waals surface area contributed by atoms with Gasteiger partial charge in [-0.15, -0.1) is 0 Å². The maximum Gasteiger partial charge on any atom is 0.338 e. The van der Waals surface area contributed by atoms with E-state index in [2.05, 4.69) is 10.3 Å². The Morgan fingerprint density at radius 2 is 1.66 bits per heavy atom. The Balaban J connectivity index is 1.24. The van der Waals surface area contributed by atoms with Gasteiger partial charge in [-0.2, -0.15) is 0 Å². The van der Waals surface area contributed by atoms with Gasteiger partial charge in [0.05, 0.1) is 35.4 Å². The average Bonchev–Trinajstić information content (AvgIpc) is 3.55. The molecule has 1 fully saturated rings. The van der Waals surface area contributed by atoms with E-state index >= 15 is 0 Å². The molecule has 6 rings (SSSR count). The lowest BCUT2D eigenvalue weighted by molar-refractivity contribution is -0.122. The van der Waals surface area contributed by atoms with Crippen LogP contribution in [-0.4, -0.2) is 53.7 Å². The van der Waals surface area contributed by atoms with E-state index in [4.69, 9.17) is 14.2 Å². The summed E-state index contributed by atoms with van der Waals surface area (Å²) in [6.45, 7) is 3.66. The Labute approximate surface area is 276 Å². The molecule has 242 valence electrons. The first-order valence-electron chi connectivity index (χ1n) is 14.7. The summed E-state index contributed by atoms with van der Waals surface area (Å²) >= 11 is 2.11. The van der Waals surface area contributed by atoms with Crippen molar-refractivity contribution in [3.63, 3.8) is 0 Å². The van der Waals surface area contributed by atoms with Gasteiger partial charge >= 0.3 is 10.8 Å². The SMILES string of the molecule is CCOC(=O)c1ccc(NC(=O)COc2ccc(C3c4sc(=O)[nH]c4SC4C(=O)N(c5ccc(F)cc5)C(=O)C43)cc2OCC)cc1. The number of amides is 3. The minimum Gasteiger partial charge on any atom is -0.490 e. The Morgan fingerprint density at radius 3 is 2.36 bits per heavy atom. The third-order valence-electron chi connectivity index (χ3n) is 7.57. The van der Waals surface area contributed by atoms with Crippen LogP contribution in [0, 0.1) is 11.7 Å².